The molecule has 27 heavy (non-hydrogen) atoms. The summed E-state index contributed by atoms with van der Waals surface area (Å²) in [7, 11) is 0. The fourth-order valence-electron chi connectivity index (χ4n) is 2.48. The first kappa shape index (κ1) is 19.8. The van der Waals surface area contributed by atoms with Crippen molar-refractivity contribution in [3.8, 4) is 6.07 Å². The van der Waals surface area contributed by atoms with E-state index in [4.69, 9.17) is 15.9 Å². The van der Waals surface area contributed by atoms with Crippen molar-refractivity contribution in [3.05, 3.63) is 34.7 Å². The van der Waals surface area contributed by atoms with Crippen LogP contribution in [0.5, 0.6) is 0 Å². The Hall–Kier alpha value is -3.48. The average molecular weight is 374 g/mol. The molecule has 1 aromatic rings. The maximum atomic E-state index is 12.3. The highest BCUT2D eigenvalue weighted by molar-refractivity contribution is 6.50. The van der Waals surface area contributed by atoms with Gasteiger partial charge in [0.15, 0.2) is 0 Å². The molecule has 140 valence electrons. The van der Waals surface area contributed by atoms with Gasteiger partial charge in [-0.1, -0.05) is 0 Å². The highest BCUT2D eigenvalue weighted by Crippen LogP contribution is 2.22. The van der Waals surface area contributed by atoms with Crippen LogP contribution in [0.25, 0.3) is 0 Å². The Morgan fingerprint density at radius 2 is 2.19 bits per heavy atom. The van der Waals surface area contributed by atoms with Gasteiger partial charge in [-0.05, 0) is 25.8 Å². The van der Waals surface area contributed by atoms with Gasteiger partial charge in [-0.15, -0.1) is 0 Å². The lowest BCUT2D eigenvalue weighted by atomic mass is 9.97. The number of aliphatic imine (C=N–C) groups is 2. The number of nitriles is 1. The van der Waals surface area contributed by atoms with E-state index in [-0.39, 0.29) is 48.0 Å². The van der Waals surface area contributed by atoms with Gasteiger partial charge in [-0.25, -0.2) is 18.8 Å². The SMILES string of the molecule is C=NC1=C(Cc2ccc(C#N)c(NCCC(F)F)n2)C(C)=N/C(=N/[OH2+])C1=N. The first-order valence-corrected chi connectivity index (χ1v) is 7.92. The number of alkyl halides is 2. The van der Waals surface area contributed by atoms with Crippen LogP contribution in [0, 0.1) is 16.7 Å². The minimum Gasteiger partial charge on any atom is -0.467 e. The molecule has 0 atom stereocenters. The average Bonchev–Trinajstić information content (AvgIpc) is 2.64. The number of allylic oxidation sites excluding steroid dienone is 1. The topological polar surface area (TPSA) is 133 Å². The predicted octanol–water partition coefficient (Wildman–Crippen LogP) is 2.05. The molecular weight excluding hydrogens is 356 g/mol. The van der Waals surface area contributed by atoms with Gasteiger partial charge in [0.25, 0.3) is 5.84 Å². The smallest absolute Gasteiger partial charge is 0.269 e. The number of nitrogens with one attached hydrogen (secondary N) is 2. The molecule has 0 saturated carbocycles. The van der Waals surface area contributed by atoms with Crippen molar-refractivity contribution in [3.63, 3.8) is 0 Å². The number of nitrogens with zero attached hydrogens (tertiary/aromatic N) is 5. The van der Waals surface area contributed by atoms with E-state index in [1.165, 1.54) is 0 Å². The van der Waals surface area contributed by atoms with Crippen LogP contribution >= 0.6 is 0 Å². The number of anilines is 1. The van der Waals surface area contributed by atoms with Crippen molar-refractivity contribution in [1.82, 2.24) is 4.98 Å². The zero-order valence-corrected chi connectivity index (χ0v) is 14.6. The Balaban J connectivity index is 2.33. The van der Waals surface area contributed by atoms with Gasteiger partial charge in [0.2, 0.25) is 6.43 Å². The summed E-state index contributed by atoms with van der Waals surface area (Å²) in [5, 5.41) is 30.2. The minimum absolute atomic E-state index is 0.0145. The molecule has 0 fully saturated rings. The predicted molar refractivity (Wildman–Crippen MR) is 100 cm³/mol. The Morgan fingerprint density at radius 1 is 1.44 bits per heavy atom. The van der Waals surface area contributed by atoms with Gasteiger partial charge in [0, 0.05) is 36.4 Å². The Morgan fingerprint density at radius 3 is 2.78 bits per heavy atom. The van der Waals surface area contributed by atoms with Crippen LogP contribution in [0.3, 0.4) is 0 Å². The summed E-state index contributed by atoms with van der Waals surface area (Å²) in [6, 6.07) is 5.15. The number of hydrogen-bond acceptors (Lipinski definition) is 6. The van der Waals surface area contributed by atoms with Crippen LogP contribution in [0.2, 0.25) is 0 Å². The molecule has 0 radical (unpaired) electrons. The van der Waals surface area contributed by atoms with Gasteiger partial charge in [0.1, 0.15) is 17.6 Å². The second-order valence-electron chi connectivity index (χ2n) is 5.59. The lowest BCUT2D eigenvalue weighted by Crippen LogP contribution is -2.24. The first-order chi connectivity index (χ1) is 12.9. The highest BCUT2D eigenvalue weighted by atomic mass is 19.3. The summed E-state index contributed by atoms with van der Waals surface area (Å²) < 4.78 is 24.7. The summed E-state index contributed by atoms with van der Waals surface area (Å²) in [5.41, 5.74) is 2.06. The van der Waals surface area contributed by atoms with E-state index in [2.05, 4.69) is 32.2 Å². The lowest BCUT2D eigenvalue weighted by molar-refractivity contribution is 0.142. The Kier molecular flexibility index (Phi) is 6.43. The third kappa shape index (κ3) is 4.58. The molecule has 0 aliphatic carbocycles. The van der Waals surface area contributed by atoms with Gasteiger partial charge in [-0.2, -0.15) is 5.26 Å². The van der Waals surface area contributed by atoms with Crippen LogP contribution in [-0.4, -0.2) is 47.1 Å². The molecule has 0 unspecified atom stereocenters. The quantitative estimate of drug-likeness (QED) is 0.430. The second kappa shape index (κ2) is 8.75. The number of amidine groups is 1. The van der Waals surface area contributed by atoms with Crippen molar-refractivity contribution in [2.24, 2.45) is 15.1 Å². The third-order valence-corrected chi connectivity index (χ3v) is 3.81. The van der Waals surface area contributed by atoms with Gasteiger partial charge >= 0.3 is 0 Å². The van der Waals surface area contributed by atoms with Crippen molar-refractivity contribution in [2.45, 2.75) is 26.2 Å². The van der Waals surface area contributed by atoms with Crippen molar-refractivity contribution >= 4 is 29.8 Å². The van der Waals surface area contributed by atoms with Crippen molar-refractivity contribution in [2.75, 3.05) is 11.9 Å². The normalized spacial score (nSPS) is 15.7. The molecule has 2 rings (SSSR count). The van der Waals surface area contributed by atoms with Crippen LogP contribution in [-0.2, 0) is 6.42 Å². The fourth-order valence-corrected chi connectivity index (χ4v) is 2.48. The zero-order valence-electron chi connectivity index (χ0n) is 14.6. The Bertz CT molecular complexity index is 897. The monoisotopic (exact) mass is 374 g/mol. The van der Waals surface area contributed by atoms with E-state index in [9.17, 15) is 8.78 Å². The minimum atomic E-state index is -2.45. The van der Waals surface area contributed by atoms with Crippen molar-refractivity contribution in [1.29, 1.82) is 10.7 Å². The summed E-state index contributed by atoms with van der Waals surface area (Å²) in [4.78, 5) is 12.3. The molecular formula is C17H18F2N7O+. The van der Waals surface area contributed by atoms with E-state index in [0.717, 1.165) is 0 Å². The standard InChI is InChI=1S/C17H17F2N7O/c1-9-12(15(22-2)14(21)17(24-9)26-27)7-11-4-3-10(8-20)16(25-11)23-6-5-13(18)19/h3-4,13,21,27H,2,5-7H2,1H3,(H,23,25)/p+1/b21-14?,26-17+. The van der Waals surface area contributed by atoms with E-state index in [1.54, 1.807) is 19.1 Å². The Labute approximate surface area is 154 Å². The van der Waals surface area contributed by atoms with E-state index >= 15 is 0 Å². The number of rotatable bonds is 7. The lowest BCUT2D eigenvalue weighted by Gasteiger charge is -2.17. The van der Waals surface area contributed by atoms with Crippen molar-refractivity contribution < 1.29 is 14.0 Å². The summed E-state index contributed by atoms with van der Waals surface area (Å²) in [6.45, 7) is 5.15. The highest BCUT2D eigenvalue weighted by Gasteiger charge is 2.25. The maximum absolute atomic E-state index is 12.3. The molecule has 1 aliphatic rings. The number of pyridine rings is 1. The number of halogens is 2. The molecule has 1 aliphatic heterocycles. The van der Waals surface area contributed by atoms with Crippen LogP contribution in [0.4, 0.5) is 14.6 Å². The molecule has 0 aromatic carbocycles. The maximum Gasteiger partial charge on any atom is 0.269 e. The molecule has 8 nitrogen and oxygen atoms in total. The first-order valence-electron chi connectivity index (χ1n) is 7.92. The molecule has 0 bridgehead atoms. The largest absolute Gasteiger partial charge is 0.467 e. The van der Waals surface area contributed by atoms with Crippen LogP contribution < -0.4 is 5.32 Å². The summed E-state index contributed by atoms with van der Waals surface area (Å²) >= 11 is 0. The van der Waals surface area contributed by atoms with E-state index < -0.39 is 6.43 Å². The zero-order chi connectivity index (χ0) is 20.0. The molecule has 0 spiro atoms. The van der Waals surface area contributed by atoms with Gasteiger partial charge in [0.05, 0.1) is 16.4 Å². The molecule has 0 saturated heterocycles. The van der Waals surface area contributed by atoms with Crippen LogP contribution in [0.15, 0.2) is 38.5 Å². The fraction of sp³-hybridized carbons (Fsp3) is 0.294. The number of hydrogen-bond donors (Lipinski definition) is 2. The van der Waals surface area contributed by atoms with E-state index in [1.807, 2.05) is 6.07 Å². The van der Waals surface area contributed by atoms with Gasteiger partial charge < -0.3 is 10.5 Å². The number of dihydropyridines is 1. The molecule has 2 heterocycles. The molecule has 4 N–H and O–H groups in total. The second-order valence-corrected chi connectivity index (χ2v) is 5.59. The summed E-state index contributed by atoms with van der Waals surface area (Å²) in [5.74, 6) is 0.166. The van der Waals surface area contributed by atoms with Crippen LogP contribution in [0.1, 0.15) is 24.6 Å². The third-order valence-electron chi connectivity index (χ3n) is 3.81. The molecule has 10 heteroatoms. The molecule has 1 aromatic heterocycles. The number of aromatic nitrogens is 1. The van der Waals surface area contributed by atoms with Gasteiger partial charge in [-0.3, -0.25) is 10.4 Å². The summed E-state index contributed by atoms with van der Waals surface area (Å²) in [6.07, 6.45) is -2.56. The van der Waals surface area contributed by atoms with E-state index in [0.29, 0.717) is 17.0 Å². The molecule has 0 amide bonds.